The Balaban J connectivity index is 1.66. The fraction of sp³-hybridized carbons (Fsp3) is 0.0417. The molecule has 33 heavy (non-hydrogen) atoms. The number of amides is 4. The molecule has 0 radical (unpaired) electrons. The summed E-state index contributed by atoms with van der Waals surface area (Å²) < 4.78 is 5.89. The Kier molecular flexibility index (Phi) is 6.70. The van der Waals surface area contributed by atoms with Crippen LogP contribution in [-0.4, -0.2) is 17.8 Å². The van der Waals surface area contributed by atoms with Gasteiger partial charge in [-0.05, 0) is 54.1 Å². The highest BCUT2D eigenvalue weighted by Gasteiger charge is 2.36. The lowest BCUT2D eigenvalue weighted by Gasteiger charge is -2.26. The predicted molar refractivity (Wildman–Crippen MR) is 128 cm³/mol. The van der Waals surface area contributed by atoms with E-state index in [9.17, 15) is 14.4 Å². The first-order valence-corrected chi connectivity index (χ1v) is 10.8. The normalized spacial score (nSPS) is 15.1. The van der Waals surface area contributed by atoms with Crippen molar-refractivity contribution in [3.63, 3.8) is 0 Å². The molecule has 1 aliphatic rings. The fourth-order valence-electron chi connectivity index (χ4n) is 3.18. The number of rotatable bonds is 5. The quantitative estimate of drug-likeness (QED) is 0.349. The lowest BCUT2D eigenvalue weighted by molar-refractivity contribution is -0.122. The fourth-order valence-corrected chi connectivity index (χ4v) is 3.68. The third-order valence-corrected chi connectivity index (χ3v) is 5.74. The molecule has 4 rings (SSSR count). The average molecular weight is 502 g/mol. The van der Waals surface area contributed by atoms with Gasteiger partial charge in [0, 0.05) is 10.6 Å². The Labute approximate surface area is 204 Å². The summed E-state index contributed by atoms with van der Waals surface area (Å²) in [6.07, 6.45) is 1.34. The molecule has 0 atom stereocenters. The van der Waals surface area contributed by atoms with Crippen molar-refractivity contribution >= 4 is 64.4 Å². The topological polar surface area (TPSA) is 75.7 Å². The van der Waals surface area contributed by atoms with Crippen LogP contribution in [0.3, 0.4) is 0 Å². The second-order valence-electron chi connectivity index (χ2n) is 7.01. The van der Waals surface area contributed by atoms with Crippen molar-refractivity contribution in [1.82, 2.24) is 5.32 Å². The molecule has 1 aliphatic heterocycles. The van der Waals surface area contributed by atoms with Gasteiger partial charge >= 0.3 is 6.03 Å². The number of urea groups is 1. The molecule has 4 amide bonds. The van der Waals surface area contributed by atoms with Gasteiger partial charge in [-0.2, -0.15) is 0 Å². The Morgan fingerprint density at radius 3 is 2.36 bits per heavy atom. The number of barbiturate groups is 1. The van der Waals surface area contributed by atoms with Gasteiger partial charge in [-0.25, -0.2) is 9.69 Å². The lowest BCUT2D eigenvalue weighted by atomic mass is 10.1. The number of carbonyl (C=O) groups is 3. The van der Waals surface area contributed by atoms with Gasteiger partial charge in [0.1, 0.15) is 17.9 Å². The van der Waals surface area contributed by atoms with Crippen molar-refractivity contribution in [2.75, 3.05) is 4.90 Å². The lowest BCUT2D eigenvalue weighted by Crippen LogP contribution is -2.54. The number of nitrogens with zero attached hydrogens (tertiary/aromatic N) is 1. The molecule has 3 aromatic rings. The monoisotopic (exact) mass is 500 g/mol. The number of nitrogens with one attached hydrogen (secondary N) is 1. The zero-order valence-corrected chi connectivity index (χ0v) is 19.1. The van der Waals surface area contributed by atoms with Crippen molar-refractivity contribution < 1.29 is 19.1 Å². The standard InChI is InChI=1S/C24H15Cl3N2O4/c25-16-7-9-21(33-13-14-6-8-19(26)20(27)10-14)15(11-16)12-18-22(30)28-24(32)29(23(18)31)17-4-2-1-3-5-17/h1-12H,13H2,(H,28,30,32)/b18-12+. The smallest absolute Gasteiger partial charge is 0.335 e. The van der Waals surface area contributed by atoms with Gasteiger partial charge in [-0.1, -0.05) is 59.1 Å². The van der Waals surface area contributed by atoms with E-state index in [-0.39, 0.29) is 12.2 Å². The first-order chi connectivity index (χ1) is 15.8. The highest BCUT2D eigenvalue weighted by molar-refractivity contribution is 6.42. The van der Waals surface area contributed by atoms with Gasteiger partial charge in [-0.15, -0.1) is 0 Å². The molecular formula is C24H15Cl3N2O4. The molecule has 0 unspecified atom stereocenters. The molecular weight excluding hydrogens is 487 g/mol. The number of anilines is 1. The van der Waals surface area contributed by atoms with Gasteiger partial charge in [0.05, 0.1) is 15.7 Å². The molecule has 3 aromatic carbocycles. The van der Waals surface area contributed by atoms with Gasteiger partial charge in [-0.3, -0.25) is 14.9 Å². The van der Waals surface area contributed by atoms with Gasteiger partial charge in [0.25, 0.3) is 11.8 Å². The number of halogens is 3. The minimum Gasteiger partial charge on any atom is -0.488 e. The highest BCUT2D eigenvalue weighted by Crippen LogP contribution is 2.29. The van der Waals surface area contributed by atoms with Crippen LogP contribution >= 0.6 is 34.8 Å². The summed E-state index contributed by atoms with van der Waals surface area (Å²) in [5, 5.41) is 3.39. The maximum Gasteiger partial charge on any atom is 0.335 e. The first kappa shape index (κ1) is 22.9. The van der Waals surface area contributed by atoms with E-state index in [0.717, 1.165) is 10.5 Å². The third-order valence-electron chi connectivity index (χ3n) is 4.77. The van der Waals surface area contributed by atoms with Gasteiger partial charge in [0.2, 0.25) is 0 Å². The summed E-state index contributed by atoms with van der Waals surface area (Å²) in [4.78, 5) is 38.8. The van der Waals surface area contributed by atoms with Crippen LogP contribution in [0.2, 0.25) is 15.1 Å². The molecule has 1 fully saturated rings. The van der Waals surface area contributed by atoms with Crippen LogP contribution in [0.4, 0.5) is 10.5 Å². The Bertz CT molecular complexity index is 1290. The van der Waals surface area contributed by atoms with Crippen molar-refractivity contribution in [3.05, 3.63) is 98.5 Å². The van der Waals surface area contributed by atoms with Crippen LogP contribution in [0.1, 0.15) is 11.1 Å². The number of para-hydroxylation sites is 1. The third kappa shape index (κ3) is 5.03. The Hall–Kier alpha value is -3.32. The number of benzene rings is 3. The minimum atomic E-state index is -0.824. The molecule has 1 N–H and O–H groups in total. The summed E-state index contributed by atoms with van der Waals surface area (Å²) in [5.74, 6) is -1.19. The van der Waals surface area contributed by atoms with Crippen LogP contribution < -0.4 is 15.0 Å². The summed E-state index contributed by atoms with van der Waals surface area (Å²) in [5.41, 5.74) is 1.26. The zero-order chi connectivity index (χ0) is 23.5. The van der Waals surface area contributed by atoms with Crippen LogP contribution in [0.5, 0.6) is 5.75 Å². The van der Waals surface area contributed by atoms with E-state index in [1.54, 1.807) is 66.7 Å². The van der Waals surface area contributed by atoms with E-state index in [0.29, 0.717) is 32.1 Å². The summed E-state index contributed by atoms with van der Waals surface area (Å²) in [6.45, 7) is 0.156. The van der Waals surface area contributed by atoms with Crippen LogP contribution in [-0.2, 0) is 16.2 Å². The van der Waals surface area contributed by atoms with E-state index in [4.69, 9.17) is 39.5 Å². The largest absolute Gasteiger partial charge is 0.488 e. The number of hydrogen-bond acceptors (Lipinski definition) is 4. The second-order valence-corrected chi connectivity index (χ2v) is 8.26. The summed E-state index contributed by atoms with van der Waals surface area (Å²) in [6, 6.07) is 17.4. The van der Waals surface area contributed by atoms with Crippen molar-refractivity contribution in [3.8, 4) is 5.75 Å². The Morgan fingerprint density at radius 2 is 1.64 bits per heavy atom. The molecule has 0 aliphatic carbocycles. The van der Waals surface area contributed by atoms with Crippen LogP contribution in [0, 0.1) is 0 Å². The summed E-state index contributed by atoms with van der Waals surface area (Å²) >= 11 is 18.1. The molecule has 0 aromatic heterocycles. The second kappa shape index (κ2) is 9.67. The highest BCUT2D eigenvalue weighted by atomic mass is 35.5. The number of carbonyl (C=O) groups excluding carboxylic acids is 3. The number of ether oxygens (including phenoxy) is 1. The predicted octanol–water partition coefficient (Wildman–Crippen LogP) is 5.89. The molecule has 0 saturated carbocycles. The van der Waals surface area contributed by atoms with Crippen molar-refractivity contribution in [2.24, 2.45) is 0 Å². The SMILES string of the molecule is O=C1NC(=O)N(c2ccccc2)C(=O)/C1=C/c1cc(Cl)ccc1OCc1ccc(Cl)c(Cl)c1. The maximum absolute atomic E-state index is 13.1. The molecule has 9 heteroatoms. The first-order valence-electron chi connectivity index (χ1n) is 9.66. The maximum atomic E-state index is 13.1. The van der Waals surface area contributed by atoms with E-state index < -0.39 is 17.8 Å². The zero-order valence-electron chi connectivity index (χ0n) is 16.8. The van der Waals surface area contributed by atoms with E-state index in [1.165, 1.54) is 6.08 Å². The van der Waals surface area contributed by atoms with Gasteiger partial charge < -0.3 is 4.74 Å². The average Bonchev–Trinajstić information content (AvgIpc) is 2.79. The number of hydrogen-bond donors (Lipinski definition) is 1. The van der Waals surface area contributed by atoms with Gasteiger partial charge in [0.15, 0.2) is 0 Å². The molecule has 166 valence electrons. The summed E-state index contributed by atoms with van der Waals surface area (Å²) in [7, 11) is 0. The van der Waals surface area contributed by atoms with E-state index >= 15 is 0 Å². The molecule has 1 saturated heterocycles. The molecule has 1 heterocycles. The van der Waals surface area contributed by atoms with Crippen LogP contribution in [0.25, 0.3) is 6.08 Å². The van der Waals surface area contributed by atoms with Crippen molar-refractivity contribution in [2.45, 2.75) is 6.61 Å². The van der Waals surface area contributed by atoms with E-state index in [1.807, 2.05) is 0 Å². The molecule has 6 nitrogen and oxygen atoms in total. The molecule has 0 bridgehead atoms. The minimum absolute atomic E-state index is 0.156. The Morgan fingerprint density at radius 1 is 0.879 bits per heavy atom. The molecule has 0 spiro atoms. The van der Waals surface area contributed by atoms with Crippen molar-refractivity contribution in [1.29, 1.82) is 0 Å². The van der Waals surface area contributed by atoms with E-state index in [2.05, 4.69) is 5.32 Å². The van der Waals surface area contributed by atoms with Crippen LogP contribution in [0.15, 0.2) is 72.3 Å². The number of imide groups is 2.